The lowest BCUT2D eigenvalue weighted by Gasteiger charge is -2.35. The number of nitrogens with zero attached hydrogens (tertiary/aromatic N) is 1. The Hall–Kier alpha value is -1.39. The summed E-state index contributed by atoms with van der Waals surface area (Å²) >= 11 is 0. The fraction of sp³-hybridized carbons (Fsp3) is 0.583. The Balaban J connectivity index is 1.54. The molecular weight excluding hydrogens is 366 g/mol. The second kappa shape index (κ2) is 8.54. The van der Waals surface area contributed by atoms with Crippen molar-refractivity contribution in [1.82, 2.24) is 4.90 Å². The van der Waals surface area contributed by atoms with E-state index in [1.807, 2.05) is 42.5 Å². The normalized spacial score (nSPS) is 25.2. The van der Waals surface area contributed by atoms with Gasteiger partial charge in [0, 0.05) is 5.39 Å². The minimum absolute atomic E-state index is 0.226. The molecule has 0 N–H and O–H groups in total. The molecule has 2 fully saturated rings. The number of piperidine rings is 1. The van der Waals surface area contributed by atoms with E-state index in [1.165, 1.54) is 32.4 Å². The molecule has 28 heavy (non-hydrogen) atoms. The summed E-state index contributed by atoms with van der Waals surface area (Å²) in [7, 11) is -3.32. The first-order valence-corrected chi connectivity index (χ1v) is 12.5. The van der Waals surface area contributed by atoms with E-state index in [0.29, 0.717) is 4.90 Å². The summed E-state index contributed by atoms with van der Waals surface area (Å²) in [6.07, 6.45) is 7.65. The van der Waals surface area contributed by atoms with Gasteiger partial charge in [0.05, 0.1) is 10.1 Å². The highest BCUT2D eigenvalue weighted by atomic mass is 32.2. The van der Waals surface area contributed by atoms with Crippen molar-refractivity contribution in [3.63, 3.8) is 0 Å². The third kappa shape index (κ3) is 4.13. The molecule has 3 nitrogen and oxygen atoms in total. The van der Waals surface area contributed by atoms with Crippen LogP contribution in [-0.2, 0) is 9.84 Å². The van der Waals surface area contributed by atoms with Crippen molar-refractivity contribution in [3.05, 3.63) is 42.5 Å². The summed E-state index contributed by atoms with van der Waals surface area (Å²) in [6.45, 7) is 5.74. The summed E-state index contributed by atoms with van der Waals surface area (Å²) in [5, 5.41) is 1.66. The monoisotopic (exact) mass is 399 g/mol. The summed E-state index contributed by atoms with van der Waals surface area (Å²) < 4.78 is 27.4. The van der Waals surface area contributed by atoms with Crippen LogP contribution in [0.25, 0.3) is 10.8 Å². The van der Waals surface area contributed by atoms with Crippen molar-refractivity contribution < 1.29 is 8.42 Å². The molecule has 2 aromatic rings. The maximum atomic E-state index is 13.7. The molecule has 4 heteroatoms. The van der Waals surface area contributed by atoms with Gasteiger partial charge in [-0.25, -0.2) is 8.42 Å². The van der Waals surface area contributed by atoms with Crippen molar-refractivity contribution in [2.75, 3.05) is 19.6 Å². The molecule has 4 rings (SSSR count). The Morgan fingerprint density at radius 3 is 2.46 bits per heavy atom. The van der Waals surface area contributed by atoms with E-state index in [-0.39, 0.29) is 11.2 Å². The molecule has 2 atom stereocenters. The first-order chi connectivity index (χ1) is 13.6. The van der Waals surface area contributed by atoms with Crippen LogP contribution in [0.15, 0.2) is 47.4 Å². The van der Waals surface area contributed by atoms with Crippen molar-refractivity contribution in [3.8, 4) is 0 Å². The van der Waals surface area contributed by atoms with E-state index >= 15 is 0 Å². The third-order valence-electron chi connectivity index (χ3n) is 6.99. The Labute approximate surface area is 170 Å². The van der Waals surface area contributed by atoms with E-state index in [9.17, 15) is 8.42 Å². The molecule has 2 aliphatic rings. The average Bonchev–Trinajstić information content (AvgIpc) is 2.73. The zero-order valence-electron chi connectivity index (χ0n) is 17.0. The van der Waals surface area contributed by atoms with Crippen LogP contribution in [0.5, 0.6) is 0 Å². The predicted molar refractivity (Wildman–Crippen MR) is 116 cm³/mol. The highest BCUT2D eigenvalue weighted by molar-refractivity contribution is 7.92. The molecule has 1 saturated heterocycles. The number of hydrogen-bond acceptors (Lipinski definition) is 3. The lowest BCUT2D eigenvalue weighted by Crippen LogP contribution is -2.38. The lowest BCUT2D eigenvalue weighted by molar-refractivity contribution is 0.174. The van der Waals surface area contributed by atoms with Gasteiger partial charge in [0.1, 0.15) is 0 Å². The van der Waals surface area contributed by atoms with Gasteiger partial charge in [-0.2, -0.15) is 0 Å². The molecular formula is C24H33NO2S. The van der Waals surface area contributed by atoms with Gasteiger partial charge in [-0.3, -0.25) is 0 Å². The van der Waals surface area contributed by atoms with Crippen LogP contribution in [0.3, 0.4) is 0 Å². The quantitative estimate of drug-likeness (QED) is 0.685. The van der Waals surface area contributed by atoms with E-state index in [0.717, 1.165) is 48.9 Å². The second-order valence-electron chi connectivity index (χ2n) is 8.92. The van der Waals surface area contributed by atoms with Crippen LogP contribution in [0.1, 0.15) is 51.9 Å². The summed E-state index contributed by atoms with van der Waals surface area (Å²) in [6, 6.07) is 13.6. The van der Waals surface area contributed by atoms with E-state index in [2.05, 4.69) is 11.8 Å². The van der Waals surface area contributed by atoms with Crippen LogP contribution in [0, 0.1) is 11.8 Å². The highest BCUT2D eigenvalue weighted by Crippen LogP contribution is 2.37. The minimum atomic E-state index is -3.32. The Bertz CT molecular complexity index is 894. The maximum Gasteiger partial charge on any atom is 0.182 e. The van der Waals surface area contributed by atoms with Crippen molar-refractivity contribution >= 4 is 20.6 Å². The number of sulfone groups is 1. The molecule has 0 bridgehead atoms. The molecule has 0 aromatic heterocycles. The van der Waals surface area contributed by atoms with Crippen LogP contribution in [0.2, 0.25) is 0 Å². The van der Waals surface area contributed by atoms with E-state index in [4.69, 9.17) is 0 Å². The number of fused-ring (bicyclic) bond motifs is 1. The van der Waals surface area contributed by atoms with Crippen molar-refractivity contribution in [2.24, 2.45) is 11.8 Å². The molecule has 1 unspecified atom stereocenters. The molecule has 152 valence electrons. The van der Waals surface area contributed by atoms with Crippen LogP contribution in [0.4, 0.5) is 0 Å². The van der Waals surface area contributed by atoms with Gasteiger partial charge in [-0.05, 0) is 75.0 Å². The number of rotatable bonds is 5. The van der Waals surface area contributed by atoms with Gasteiger partial charge in [0.25, 0.3) is 0 Å². The van der Waals surface area contributed by atoms with Gasteiger partial charge in [0.2, 0.25) is 0 Å². The first kappa shape index (κ1) is 19.9. The Kier molecular flexibility index (Phi) is 6.07. The van der Waals surface area contributed by atoms with Crippen LogP contribution >= 0.6 is 0 Å². The first-order valence-electron chi connectivity index (χ1n) is 11.0. The predicted octanol–water partition coefficient (Wildman–Crippen LogP) is 5.29. The zero-order valence-corrected chi connectivity index (χ0v) is 17.8. The second-order valence-corrected chi connectivity index (χ2v) is 11.1. The average molecular weight is 400 g/mol. The molecule has 0 spiro atoms. The standard InChI is InChI=1S/C24H33NO2S/c1-19-13-16-25(17-14-19)18-15-21-8-3-5-11-23(21)28(26,27)24-12-6-9-20-7-2-4-10-22(20)24/h2,4,6-7,9-10,12,19,21,23H,3,5,8,11,13-18H2,1H3/t21-,23?/m0/s1. The smallest absolute Gasteiger partial charge is 0.182 e. The van der Waals surface area contributed by atoms with Crippen molar-refractivity contribution in [1.29, 1.82) is 0 Å². The minimum Gasteiger partial charge on any atom is -0.303 e. The lowest BCUT2D eigenvalue weighted by atomic mass is 9.86. The molecule has 0 radical (unpaired) electrons. The summed E-state index contributed by atoms with van der Waals surface area (Å²) in [4.78, 5) is 3.09. The van der Waals surface area contributed by atoms with Gasteiger partial charge in [-0.15, -0.1) is 0 Å². The maximum absolute atomic E-state index is 13.7. The molecule has 2 aromatic carbocycles. The largest absolute Gasteiger partial charge is 0.303 e. The number of hydrogen-bond donors (Lipinski definition) is 0. The van der Waals surface area contributed by atoms with Gasteiger partial charge in [0.15, 0.2) is 9.84 Å². The zero-order chi connectivity index (χ0) is 19.6. The van der Waals surface area contributed by atoms with Gasteiger partial charge >= 0.3 is 0 Å². The summed E-state index contributed by atoms with van der Waals surface area (Å²) in [5.74, 6) is 1.13. The molecule has 1 saturated carbocycles. The Morgan fingerprint density at radius 1 is 0.929 bits per heavy atom. The number of benzene rings is 2. The fourth-order valence-corrected chi connectivity index (χ4v) is 7.50. The molecule has 0 amide bonds. The van der Waals surface area contributed by atoms with Crippen LogP contribution < -0.4 is 0 Å². The fourth-order valence-electron chi connectivity index (χ4n) is 5.15. The summed E-state index contributed by atoms with van der Waals surface area (Å²) in [5.41, 5.74) is 0. The molecule has 1 aliphatic carbocycles. The SMILES string of the molecule is CC1CCN(CC[C@@H]2CCCCC2S(=O)(=O)c2cccc3ccccc23)CC1. The van der Waals surface area contributed by atoms with E-state index < -0.39 is 9.84 Å². The molecule has 1 heterocycles. The number of likely N-dealkylation sites (tertiary alicyclic amines) is 1. The van der Waals surface area contributed by atoms with Gasteiger partial charge < -0.3 is 4.90 Å². The van der Waals surface area contributed by atoms with Crippen LogP contribution in [-0.4, -0.2) is 38.2 Å². The van der Waals surface area contributed by atoms with Gasteiger partial charge in [-0.1, -0.05) is 56.2 Å². The van der Waals surface area contributed by atoms with Crippen molar-refractivity contribution in [2.45, 2.75) is 62.0 Å². The topological polar surface area (TPSA) is 37.4 Å². The Morgan fingerprint density at radius 2 is 1.64 bits per heavy atom. The third-order valence-corrected chi connectivity index (χ3v) is 9.37. The highest BCUT2D eigenvalue weighted by Gasteiger charge is 2.37. The molecule has 1 aliphatic heterocycles. The van der Waals surface area contributed by atoms with E-state index in [1.54, 1.807) is 0 Å².